The van der Waals surface area contributed by atoms with Crippen molar-refractivity contribution >= 4 is 15.9 Å². The summed E-state index contributed by atoms with van der Waals surface area (Å²) in [6.07, 6.45) is 5.99. The molecular formula is C20H27N5O3S. The van der Waals surface area contributed by atoms with Gasteiger partial charge in [0.2, 0.25) is 15.9 Å². The van der Waals surface area contributed by atoms with E-state index in [1.54, 1.807) is 23.4 Å². The van der Waals surface area contributed by atoms with Crippen LogP contribution < -0.4 is 0 Å². The maximum Gasteiger partial charge on any atom is 0.246 e. The molecule has 3 rings (SSSR count). The summed E-state index contributed by atoms with van der Waals surface area (Å²) in [6.45, 7) is 7.15. The van der Waals surface area contributed by atoms with Crippen LogP contribution in [0, 0.1) is 0 Å². The minimum absolute atomic E-state index is 0.0802. The van der Waals surface area contributed by atoms with Crippen LogP contribution in [0.5, 0.6) is 0 Å². The van der Waals surface area contributed by atoms with E-state index in [9.17, 15) is 13.2 Å². The summed E-state index contributed by atoms with van der Waals surface area (Å²) in [4.78, 5) is 26.9. The van der Waals surface area contributed by atoms with E-state index < -0.39 is 10.0 Å². The second-order valence-corrected chi connectivity index (χ2v) is 9.28. The number of piperazine rings is 1. The summed E-state index contributed by atoms with van der Waals surface area (Å²) in [5.74, 6) is 0.443. The lowest BCUT2D eigenvalue weighted by Crippen LogP contribution is -2.50. The van der Waals surface area contributed by atoms with Crippen LogP contribution >= 0.6 is 0 Å². The Morgan fingerprint density at radius 2 is 1.90 bits per heavy atom. The number of amides is 1. The Morgan fingerprint density at radius 3 is 2.48 bits per heavy atom. The summed E-state index contributed by atoms with van der Waals surface area (Å²) < 4.78 is 28.0. The molecule has 0 atom stereocenters. The van der Waals surface area contributed by atoms with Crippen LogP contribution in [0.4, 0.5) is 0 Å². The molecule has 3 heterocycles. The third kappa shape index (κ3) is 4.62. The van der Waals surface area contributed by atoms with Crippen LogP contribution in [0.3, 0.4) is 0 Å². The van der Waals surface area contributed by atoms with Gasteiger partial charge in [0.25, 0.3) is 0 Å². The fraction of sp³-hybridized carbons (Fsp3) is 0.500. The van der Waals surface area contributed by atoms with Gasteiger partial charge < -0.3 is 4.90 Å². The maximum atomic E-state index is 13.3. The van der Waals surface area contributed by atoms with Gasteiger partial charge in [-0.15, -0.1) is 0 Å². The van der Waals surface area contributed by atoms with Crippen molar-refractivity contribution in [1.29, 1.82) is 0 Å². The summed E-state index contributed by atoms with van der Waals surface area (Å²) in [5.41, 5.74) is 1.23. The molecule has 156 valence electrons. The number of carbonyl (C=O) groups excluding carboxylic acids is 1. The molecular weight excluding hydrogens is 390 g/mol. The zero-order valence-electron chi connectivity index (χ0n) is 17.1. The molecule has 1 saturated heterocycles. The van der Waals surface area contributed by atoms with Gasteiger partial charge in [0, 0.05) is 50.6 Å². The highest BCUT2D eigenvalue weighted by atomic mass is 32.2. The highest BCUT2D eigenvalue weighted by Gasteiger charge is 2.33. The molecule has 1 aliphatic rings. The molecule has 8 nitrogen and oxygen atoms in total. The number of sulfonamides is 1. The third-order valence-corrected chi connectivity index (χ3v) is 6.84. The lowest BCUT2D eigenvalue weighted by molar-refractivity contribution is -0.132. The van der Waals surface area contributed by atoms with Crippen molar-refractivity contribution in [2.75, 3.05) is 26.2 Å². The molecule has 0 aromatic carbocycles. The van der Waals surface area contributed by atoms with Crippen LogP contribution in [0.2, 0.25) is 0 Å². The molecule has 0 spiro atoms. The Balaban J connectivity index is 1.86. The van der Waals surface area contributed by atoms with Crippen molar-refractivity contribution in [3.63, 3.8) is 0 Å². The average molecular weight is 418 g/mol. The van der Waals surface area contributed by atoms with Crippen molar-refractivity contribution in [2.45, 2.75) is 44.4 Å². The second-order valence-electron chi connectivity index (χ2n) is 7.37. The molecule has 9 heteroatoms. The monoisotopic (exact) mass is 417 g/mol. The van der Waals surface area contributed by atoms with Gasteiger partial charge in [0.1, 0.15) is 4.90 Å². The molecule has 0 aliphatic carbocycles. The van der Waals surface area contributed by atoms with Crippen molar-refractivity contribution in [1.82, 2.24) is 24.2 Å². The summed E-state index contributed by atoms with van der Waals surface area (Å²) in [7, 11) is -3.74. The van der Waals surface area contributed by atoms with E-state index in [1.165, 1.54) is 10.5 Å². The number of carbonyl (C=O) groups is 1. The van der Waals surface area contributed by atoms with Crippen molar-refractivity contribution in [2.24, 2.45) is 0 Å². The zero-order chi connectivity index (χ0) is 21.0. The van der Waals surface area contributed by atoms with Crippen molar-refractivity contribution < 1.29 is 13.2 Å². The average Bonchev–Trinajstić information content (AvgIpc) is 2.74. The molecule has 0 radical (unpaired) electrons. The SMILES string of the molecule is CCCC(=O)N1CCN(S(=O)(=O)c2cnc(-c3cccnc3)nc2C(C)C)CC1. The van der Waals surface area contributed by atoms with Crippen LogP contribution in [-0.4, -0.2) is 64.7 Å². The number of aromatic nitrogens is 3. The summed E-state index contributed by atoms with van der Waals surface area (Å²) in [5, 5.41) is 0. The Labute approximate surface area is 172 Å². The highest BCUT2D eigenvalue weighted by molar-refractivity contribution is 7.89. The predicted octanol–water partition coefficient (Wildman–Crippen LogP) is 2.30. The van der Waals surface area contributed by atoms with E-state index in [0.29, 0.717) is 31.0 Å². The quantitative estimate of drug-likeness (QED) is 0.715. The van der Waals surface area contributed by atoms with Gasteiger partial charge in [-0.2, -0.15) is 4.31 Å². The zero-order valence-corrected chi connectivity index (χ0v) is 17.9. The molecule has 0 bridgehead atoms. The molecule has 0 N–H and O–H groups in total. The first-order valence-electron chi connectivity index (χ1n) is 9.89. The van der Waals surface area contributed by atoms with Crippen molar-refractivity contribution in [3.05, 3.63) is 36.4 Å². The first-order chi connectivity index (χ1) is 13.8. The van der Waals surface area contributed by atoms with Gasteiger partial charge in [-0.05, 0) is 24.5 Å². The molecule has 0 saturated carbocycles. The summed E-state index contributed by atoms with van der Waals surface area (Å²) in [6, 6.07) is 3.63. The molecule has 1 aliphatic heterocycles. The van der Waals surface area contributed by atoms with Gasteiger partial charge in [-0.25, -0.2) is 18.4 Å². The third-order valence-electron chi connectivity index (χ3n) is 4.92. The van der Waals surface area contributed by atoms with E-state index in [-0.39, 0.29) is 29.8 Å². The Bertz CT molecular complexity index is 955. The smallest absolute Gasteiger partial charge is 0.246 e. The lowest BCUT2D eigenvalue weighted by Gasteiger charge is -2.34. The topological polar surface area (TPSA) is 96.4 Å². The van der Waals surface area contributed by atoms with Gasteiger partial charge in [-0.3, -0.25) is 9.78 Å². The van der Waals surface area contributed by atoms with Gasteiger partial charge >= 0.3 is 0 Å². The number of nitrogens with zero attached hydrogens (tertiary/aromatic N) is 5. The largest absolute Gasteiger partial charge is 0.340 e. The molecule has 29 heavy (non-hydrogen) atoms. The van der Waals surface area contributed by atoms with Crippen LogP contribution in [0.25, 0.3) is 11.4 Å². The standard InChI is InChI=1S/C20H27N5O3S/c1-4-6-18(26)24-9-11-25(12-10-24)29(27,28)17-14-22-20(23-19(17)15(2)3)16-7-5-8-21-13-16/h5,7-8,13-15H,4,6,9-12H2,1-3H3. The highest BCUT2D eigenvalue weighted by Crippen LogP contribution is 2.27. The maximum absolute atomic E-state index is 13.3. The minimum Gasteiger partial charge on any atom is -0.340 e. The fourth-order valence-electron chi connectivity index (χ4n) is 3.32. The van der Waals surface area contributed by atoms with Crippen molar-refractivity contribution in [3.8, 4) is 11.4 Å². The van der Waals surface area contributed by atoms with E-state index in [0.717, 1.165) is 12.0 Å². The Hall–Kier alpha value is -2.39. The predicted molar refractivity (Wildman–Crippen MR) is 110 cm³/mol. The first-order valence-corrected chi connectivity index (χ1v) is 11.3. The van der Waals surface area contributed by atoms with E-state index in [1.807, 2.05) is 26.8 Å². The molecule has 1 amide bonds. The van der Waals surface area contributed by atoms with Crippen LogP contribution in [-0.2, 0) is 14.8 Å². The Morgan fingerprint density at radius 1 is 1.17 bits per heavy atom. The normalized spacial score (nSPS) is 15.7. The lowest BCUT2D eigenvalue weighted by atomic mass is 10.1. The minimum atomic E-state index is -3.74. The number of hydrogen-bond acceptors (Lipinski definition) is 6. The second kappa shape index (κ2) is 8.96. The molecule has 2 aromatic heterocycles. The molecule has 1 fully saturated rings. The fourth-order valence-corrected chi connectivity index (χ4v) is 4.97. The van der Waals surface area contributed by atoms with E-state index >= 15 is 0 Å². The van der Waals surface area contributed by atoms with Crippen LogP contribution in [0.15, 0.2) is 35.6 Å². The molecule has 0 unspecified atom stereocenters. The number of rotatable bonds is 6. The van der Waals surface area contributed by atoms with Gasteiger partial charge in [0.05, 0.1) is 11.9 Å². The number of pyridine rings is 1. The van der Waals surface area contributed by atoms with E-state index in [2.05, 4.69) is 15.0 Å². The van der Waals surface area contributed by atoms with Gasteiger partial charge in [0.15, 0.2) is 5.82 Å². The van der Waals surface area contributed by atoms with Gasteiger partial charge in [-0.1, -0.05) is 20.8 Å². The van der Waals surface area contributed by atoms with E-state index in [4.69, 9.17) is 0 Å². The number of hydrogen-bond donors (Lipinski definition) is 0. The first kappa shape index (κ1) is 21.3. The Kier molecular flexibility index (Phi) is 6.59. The summed E-state index contributed by atoms with van der Waals surface area (Å²) >= 11 is 0. The molecule has 2 aromatic rings. The van der Waals surface area contributed by atoms with Crippen LogP contribution in [0.1, 0.15) is 45.2 Å².